The predicted molar refractivity (Wildman–Crippen MR) is 95.8 cm³/mol. The van der Waals surface area contributed by atoms with E-state index in [1.54, 1.807) is 6.07 Å². The smallest absolute Gasteiger partial charge is 0.339 e. The van der Waals surface area contributed by atoms with Crippen molar-refractivity contribution in [2.45, 2.75) is 77.3 Å². The normalized spacial score (nSPS) is 27.0. The van der Waals surface area contributed by atoms with Crippen molar-refractivity contribution in [2.24, 2.45) is 5.41 Å². The van der Waals surface area contributed by atoms with Gasteiger partial charge in [-0.2, -0.15) is 0 Å². The topological polar surface area (TPSA) is 60.8 Å². The largest absolute Gasteiger partial charge is 0.507 e. The van der Waals surface area contributed by atoms with Crippen LogP contribution in [0.2, 0.25) is 0 Å². The number of rotatable bonds is 2. The van der Waals surface area contributed by atoms with Crippen molar-refractivity contribution in [1.82, 2.24) is 0 Å². The molecule has 4 heteroatoms. The molecule has 3 rings (SSSR count). The van der Waals surface area contributed by atoms with E-state index < -0.39 is 5.97 Å². The molecule has 1 aliphatic heterocycles. The summed E-state index contributed by atoms with van der Waals surface area (Å²) in [5, 5.41) is 19.2. The molecule has 2 unspecified atom stereocenters. The van der Waals surface area contributed by atoms with Crippen molar-refractivity contribution in [3.8, 4) is 5.75 Å². The third-order valence-corrected chi connectivity index (χ3v) is 6.34. The zero-order chi connectivity index (χ0) is 17.3. The maximum Gasteiger partial charge on any atom is 0.339 e. The molecule has 2 atom stereocenters. The second-order valence-electron chi connectivity index (χ2n) is 7.77. The molecule has 0 amide bonds. The Morgan fingerprint density at radius 3 is 2.33 bits per heavy atom. The lowest BCUT2D eigenvalue weighted by Crippen LogP contribution is -2.39. The van der Waals surface area contributed by atoms with Crippen LogP contribution in [0.25, 0.3) is 0 Å². The van der Waals surface area contributed by atoms with E-state index in [0.29, 0.717) is 17.5 Å². The molecule has 1 aromatic carbocycles. The fraction of sp³-hybridized carbons (Fsp3) is 0.650. The first-order valence-corrected chi connectivity index (χ1v) is 9.29. The number of carbonyl (C=O) groups is 1. The van der Waals surface area contributed by atoms with Gasteiger partial charge >= 0.3 is 5.97 Å². The van der Waals surface area contributed by atoms with Gasteiger partial charge in [0.25, 0.3) is 0 Å². The van der Waals surface area contributed by atoms with Crippen LogP contribution in [0, 0.1) is 5.41 Å². The number of anilines is 1. The lowest BCUT2D eigenvalue weighted by atomic mass is 9.71. The molecular formula is C20H29NO3. The van der Waals surface area contributed by atoms with E-state index in [1.807, 2.05) is 6.07 Å². The van der Waals surface area contributed by atoms with Gasteiger partial charge in [-0.25, -0.2) is 4.79 Å². The first-order valence-electron chi connectivity index (χ1n) is 9.29. The molecule has 24 heavy (non-hydrogen) atoms. The molecule has 1 aliphatic carbocycles. The highest BCUT2D eigenvalue weighted by molar-refractivity contribution is 5.91. The summed E-state index contributed by atoms with van der Waals surface area (Å²) in [5.74, 6) is -1.23. The number of benzene rings is 1. The zero-order valence-corrected chi connectivity index (χ0v) is 14.8. The van der Waals surface area contributed by atoms with Gasteiger partial charge in [-0.05, 0) is 50.7 Å². The molecule has 0 bridgehead atoms. The summed E-state index contributed by atoms with van der Waals surface area (Å²) in [7, 11) is 0. The van der Waals surface area contributed by atoms with E-state index in [9.17, 15) is 9.90 Å². The summed E-state index contributed by atoms with van der Waals surface area (Å²) in [6, 6.07) is 5.82. The third kappa shape index (κ3) is 2.99. The predicted octanol–water partition coefficient (Wildman–Crippen LogP) is 4.81. The standard InChI is InChI=1S/C20H29NO3/c1-14-13-20(10-6-4-3-5-7-11-20)15(2)21(14)16-8-9-17(19(23)24)18(22)12-16/h8-9,12,14-15,22H,3-7,10-11,13H2,1-2H3,(H,23,24). The van der Waals surface area contributed by atoms with Gasteiger partial charge in [0.15, 0.2) is 0 Å². The Bertz CT molecular complexity index is 605. The van der Waals surface area contributed by atoms with Gasteiger partial charge < -0.3 is 15.1 Å². The monoisotopic (exact) mass is 331 g/mol. The first-order chi connectivity index (χ1) is 11.4. The quantitative estimate of drug-likeness (QED) is 0.816. The van der Waals surface area contributed by atoms with E-state index in [1.165, 1.54) is 57.4 Å². The van der Waals surface area contributed by atoms with E-state index in [-0.39, 0.29) is 11.3 Å². The second kappa shape index (κ2) is 6.66. The molecule has 0 aromatic heterocycles. The number of carboxylic acids is 1. The number of hydrogen-bond acceptors (Lipinski definition) is 3. The van der Waals surface area contributed by atoms with Crippen LogP contribution >= 0.6 is 0 Å². The SMILES string of the molecule is CC1CC2(CCCCCCC2)C(C)N1c1ccc(C(=O)O)c(O)c1. The lowest BCUT2D eigenvalue weighted by molar-refractivity contribution is 0.0694. The Kier molecular flexibility index (Phi) is 4.75. The van der Waals surface area contributed by atoms with Crippen LogP contribution in [0.15, 0.2) is 18.2 Å². The molecule has 2 aliphatic rings. The summed E-state index contributed by atoms with van der Waals surface area (Å²) >= 11 is 0. The molecule has 2 fully saturated rings. The van der Waals surface area contributed by atoms with Crippen molar-refractivity contribution in [2.75, 3.05) is 4.90 Å². The van der Waals surface area contributed by atoms with Gasteiger partial charge in [0.2, 0.25) is 0 Å². The van der Waals surface area contributed by atoms with E-state index in [2.05, 4.69) is 18.7 Å². The minimum absolute atomic E-state index is 0.0288. The summed E-state index contributed by atoms with van der Waals surface area (Å²) < 4.78 is 0. The Hall–Kier alpha value is -1.71. The lowest BCUT2D eigenvalue weighted by Gasteiger charge is -2.38. The summed E-state index contributed by atoms with van der Waals surface area (Å²) in [4.78, 5) is 13.5. The fourth-order valence-corrected chi connectivity index (χ4v) is 5.10. The number of carboxylic acid groups (broad SMARTS) is 1. The van der Waals surface area contributed by atoms with Crippen molar-refractivity contribution < 1.29 is 15.0 Å². The number of phenols is 1. The highest BCUT2D eigenvalue weighted by atomic mass is 16.4. The number of hydrogen-bond donors (Lipinski definition) is 2. The Morgan fingerprint density at radius 2 is 1.75 bits per heavy atom. The van der Waals surface area contributed by atoms with E-state index >= 15 is 0 Å². The van der Waals surface area contributed by atoms with Gasteiger partial charge in [-0.15, -0.1) is 0 Å². The van der Waals surface area contributed by atoms with Crippen LogP contribution in [0.5, 0.6) is 5.75 Å². The van der Waals surface area contributed by atoms with Gasteiger partial charge in [-0.1, -0.05) is 32.1 Å². The summed E-state index contributed by atoms with van der Waals surface area (Å²) in [6.07, 6.45) is 10.4. The Labute approximate surface area is 144 Å². The minimum Gasteiger partial charge on any atom is -0.507 e. The van der Waals surface area contributed by atoms with E-state index in [0.717, 1.165) is 5.69 Å². The fourth-order valence-electron chi connectivity index (χ4n) is 5.10. The maximum absolute atomic E-state index is 11.1. The van der Waals surface area contributed by atoms with Gasteiger partial charge in [0.05, 0.1) is 0 Å². The van der Waals surface area contributed by atoms with Gasteiger partial charge in [-0.3, -0.25) is 0 Å². The molecule has 132 valence electrons. The molecule has 4 nitrogen and oxygen atoms in total. The van der Waals surface area contributed by atoms with E-state index in [4.69, 9.17) is 5.11 Å². The molecule has 2 N–H and O–H groups in total. The number of nitrogens with zero attached hydrogens (tertiary/aromatic N) is 1. The van der Waals surface area contributed by atoms with Crippen molar-refractivity contribution in [1.29, 1.82) is 0 Å². The average Bonchev–Trinajstić information content (AvgIpc) is 2.74. The minimum atomic E-state index is -1.09. The molecule has 1 saturated carbocycles. The molecule has 1 aromatic rings. The highest BCUT2D eigenvalue weighted by Crippen LogP contribution is 2.50. The average molecular weight is 331 g/mol. The number of aromatic hydroxyl groups is 1. The molecule has 1 heterocycles. The Balaban J connectivity index is 1.88. The second-order valence-corrected chi connectivity index (χ2v) is 7.77. The van der Waals surface area contributed by atoms with Gasteiger partial charge in [0.1, 0.15) is 11.3 Å². The zero-order valence-electron chi connectivity index (χ0n) is 14.8. The van der Waals surface area contributed by atoms with Crippen molar-refractivity contribution in [3.63, 3.8) is 0 Å². The Morgan fingerprint density at radius 1 is 1.12 bits per heavy atom. The van der Waals surface area contributed by atoms with Gasteiger partial charge in [0, 0.05) is 23.8 Å². The highest BCUT2D eigenvalue weighted by Gasteiger charge is 2.47. The number of aromatic carboxylic acids is 1. The summed E-state index contributed by atoms with van der Waals surface area (Å²) in [5.41, 5.74) is 1.27. The van der Waals surface area contributed by atoms with Crippen LogP contribution < -0.4 is 4.90 Å². The third-order valence-electron chi connectivity index (χ3n) is 6.34. The van der Waals surface area contributed by atoms with Crippen molar-refractivity contribution in [3.05, 3.63) is 23.8 Å². The van der Waals surface area contributed by atoms with Crippen LogP contribution in [-0.4, -0.2) is 28.3 Å². The van der Waals surface area contributed by atoms with Crippen LogP contribution in [0.3, 0.4) is 0 Å². The molecular weight excluding hydrogens is 302 g/mol. The molecule has 1 saturated heterocycles. The summed E-state index contributed by atoms with van der Waals surface area (Å²) in [6.45, 7) is 4.57. The van der Waals surface area contributed by atoms with Crippen LogP contribution in [0.1, 0.15) is 75.6 Å². The molecule has 1 spiro atoms. The maximum atomic E-state index is 11.1. The first kappa shape index (κ1) is 17.1. The van der Waals surface area contributed by atoms with Crippen molar-refractivity contribution >= 4 is 11.7 Å². The van der Waals surface area contributed by atoms with Crippen LogP contribution in [-0.2, 0) is 0 Å². The molecule has 0 radical (unpaired) electrons. The van der Waals surface area contributed by atoms with Crippen LogP contribution in [0.4, 0.5) is 5.69 Å².